The molecular formula is C13H25N3. The Labute approximate surface area is 99.3 Å². The summed E-state index contributed by atoms with van der Waals surface area (Å²) in [6.45, 7) is 7.53. The number of unbranched alkanes of at least 4 members (excludes halogenated alkanes) is 3. The quantitative estimate of drug-likeness (QED) is 0.652. The lowest BCUT2D eigenvalue weighted by atomic mass is 10.2. The second kappa shape index (κ2) is 8.34. The summed E-state index contributed by atoms with van der Waals surface area (Å²) in [6.07, 6.45) is 10.4. The molecule has 16 heavy (non-hydrogen) atoms. The van der Waals surface area contributed by atoms with E-state index < -0.39 is 0 Å². The highest BCUT2D eigenvalue weighted by Gasteiger charge is 2.00. The van der Waals surface area contributed by atoms with Crippen LogP contribution in [0, 0.1) is 0 Å². The van der Waals surface area contributed by atoms with Gasteiger partial charge >= 0.3 is 0 Å². The van der Waals surface area contributed by atoms with Crippen LogP contribution < -0.4 is 5.32 Å². The van der Waals surface area contributed by atoms with Crippen LogP contribution >= 0.6 is 0 Å². The van der Waals surface area contributed by atoms with E-state index in [1.54, 1.807) is 0 Å². The van der Waals surface area contributed by atoms with Crippen LogP contribution in [-0.4, -0.2) is 16.1 Å². The molecule has 0 atom stereocenters. The molecule has 1 aromatic rings. The smallest absolute Gasteiger partial charge is 0.122 e. The van der Waals surface area contributed by atoms with Gasteiger partial charge in [-0.25, -0.2) is 4.98 Å². The van der Waals surface area contributed by atoms with Gasteiger partial charge in [-0.2, -0.15) is 0 Å². The van der Waals surface area contributed by atoms with Crippen molar-refractivity contribution in [3.05, 3.63) is 18.2 Å². The third-order valence-corrected chi connectivity index (χ3v) is 2.76. The molecule has 0 unspecified atom stereocenters. The van der Waals surface area contributed by atoms with Gasteiger partial charge in [-0.05, 0) is 19.4 Å². The van der Waals surface area contributed by atoms with Gasteiger partial charge in [-0.3, -0.25) is 0 Å². The fraction of sp³-hybridized carbons (Fsp3) is 0.769. The first-order valence-electron chi connectivity index (χ1n) is 6.59. The van der Waals surface area contributed by atoms with Gasteiger partial charge in [0.25, 0.3) is 0 Å². The molecule has 0 saturated heterocycles. The molecule has 0 radical (unpaired) electrons. The minimum atomic E-state index is 0.902. The lowest BCUT2D eigenvalue weighted by Gasteiger charge is -2.07. The molecule has 0 fully saturated rings. The molecular weight excluding hydrogens is 198 g/mol. The van der Waals surface area contributed by atoms with Crippen molar-refractivity contribution in [3.63, 3.8) is 0 Å². The number of hydrogen-bond donors (Lipinski definition) is 1. The van der Waals surface area contributed by atoms with Crippen LogP contribution in [0.3, 0.4) is 0 Å². The molecule has 1 N–H and O–H groups in total. The number of hydrogen-bond acceptors (Lipinski definition) is 2. The van der Waals surface area contributed by atoms with Crippen LogP contribution in [0.25, 0.3) is 0 Å². The number of nitrogens with one attached hydrogen (secondary N) is 1. The van der Waals surface area contributed by atoms with E-state index in [0.717, 1.165) is 25.5 Å². The first kappa shape index (κ1) is 13.2. The highest BCUT2D eigenvalue weighted by atomic mass is 15.1. The van der Waals surface area contributed by atoms with Crippen molar-refractivity contribution in [2.75, 3.05) is 6.54 Å². The standard InChI is InChI=1S/C13H25N3/c1-3-5-6-7-8-14-12-13-15-9-11-16(13)10-4-2/h9,11,14H,3-8,10,12H2,1-2H3. The lowest BCUT2D eigenvalue weighted by molar-refractivity contribution is 0.560. The largest absolute Gasteiger partial charge is 0.334 e. The molecule has 0 bridgehead atoms. The van der Waals surface area contributed by atoms with Crippen LogP contribution in [0.4, 0.5) is 0 Å². The third-order valence-electron chi connectivity index (χ3n) is 2.76. The van der Waals surface area contributed by atoms with E-state index in [1.165, 1.54) is 32.1 Å². The van der Waals surface area contributed by atoms with Gasteiger partial charge in [-0.15, -0.1) is 0 Å². The molecule has 1 aromatic heterocycles. The molecule has 0 aliphatic carbocycles. The van der Waals surface area contributed by atoms with Crippen LogP contribution in [-0.2, 0) is 13.1 Å². The summed E-state index contributed by atoms with van der Waals surface area (Å²) in [5.41, 5.74) is 0. The molecule has 0 saturated carbocycles. The predicted molar refractivity (Wildman–Crippen MR) is 68.4 cm³/mol. The van der Waals surface area contributed by atoms with Crippen LogP contribution in [0.15, 0.2) is 12.4 Å². The molecule has 1 rings (SSSR count). The predicted octanol–water partition coefficient (Wildman–Crippen LogP) is 2.96. The van der Waals surface area contributed by atoms with Gasteiger partial charge in [0.1, 0.15) is 5.82 Å². The van der Waals surface area contributed by atoms with E-state index in [4.69, 9.17) is 0 Å². The van der Waals surface area contributed by atoms with Crippen molar-refractivity contribution >= 4 is 0 Å². The fourth-order valence-electron chi connectivity index (χ4n) is 1.83. The van der Waals surface area contributed by atoms with Crippen LogP contribution in [0.5, 0.6) is 0 Å². The van der Waals surface area contributed by atoms with Crippen molar-refractivity contribution in [2.45, 2.75) is 59.0 Å². The number of aromatic nitrogens is 2. The fourth-order valence-corrected chi connectivity index (χ4v) is 1.83. The van der Waals surface area contributed by atoms with Gasteiger partial charge in [0.2, 0.25) is 0 Å². The molecule has 0 aromatic carbocycles. The maximum absolute atomic E-state index is 4.37. The average Bonchev–Trinajstić information content (AvgIpc) is 2.72. The van der Waals surface area contributed by atoms with Gasteiger partial charge in [0.05, 0.1) is 6.54 Å². The lowest BCUT2D eigenvalue weighted by Crippen LogP contribution is -2.18. The van der Waals surface area contributed by atoms with E-state index in [2.05, 4.69) is 34.9 Å². The monoisotopic (exact) mass is 223 g/mol. The normalized spacial score (nSPS) is 10.9. The number of imidazole rings is 1. The minimum absolute atomic E-state index is 0.902. The van der Waals surface area contributed by atoms with Gasteiger partial charge in [0.15, 0.2) is 0 Å². The Balaban J connectivity index is 2.13. The molecule has 0 aliphatic heterocycles. The Morgan fingerprint density at radius 1 is 1.19 bits per heavy atom. The van der Waals surface area contributed by atoms with Crippen LogP contribution in [0.2, 0.25) is 0 Å². The Morgan fingerprint density at radius 3 is 2.81 bits per heavy atom. The molecule has 3 heteroatoms. The van der Waals surface area contributed by atoms with Crippen molar-refractivity contribution in [1.82, 2.24) is 14.9 Å². The zero-order valence-corrected chi connectivity index (χ0v) is 10.7. The van der Waals surface area contributed by atoms with Crippen molar-refractivity contribution in [3.8, 4) is 0 Å². The topological polar surface area (TPSA) is 29.9 Å². The van der Waals surface area contributed by atoms with E-state index in [-0.39, 0.29) is 0 Å². The summed E-state index contributed by atoms with van der Waals surface area (Å²) in [5.74, 6) is 1.16. The van der Waals surface area contributed by atoms with Crippen molar-refractivity contribution in [1.29, 1.82) is 0 Å². The van der Waals surface area contributed by atoms with Gasteiger partial charge < -0.3 is 9.88 Å². The number of rotatable bonds is 9. The maximum atomic E-state index is 4.37. The number of nitrogens with zero attached hydrogens (tertiary/aromatic N) is 2. The summed E-state index contributed by atoms with van der Waals surface area (Å²) >= 11 is 0. The van der Waals surface area contributed by atoms with Crippen molar-refractivity contribution < 1.29 is 0 Å². The molecule has 0 amide bonds. The second-order valence-electron chi connectivity index (χ2n) is 4.27. The summed E-state index contributed by atoms with van der Waals surface area (Å²) in [5, 5.41) is 3.46. The summed E-state index contributed by atoms with van der Waals surface area (Å²) in [7, 11) is 0. The van der Waals surface area contributed by atoms with E-state index in [1.807, 2.05) is 6.20 Å². The minimum Gasteiger partial charge on any atom is -0.334 e. The van der Waals surface area contributed by atoms with Crippen molar-refractivity contribution in [2.24, 2.45) is 0 Å². The SMILES string of the molecule is CCCCCCNCc1nccn1CCC. The summed E-state index contributed by atoms with van der Waals surface area (Å²) < 4.78 is 2.24. The third kappa shape index (κ3) is 4.79. The Kier molecular flexibility index (Phi) is 6.90. The van der Waals surface area contributed by atoms with E-state index in [0.29, 0.717) is 0 Å². The first-order valence-corrected chi connectivity index (χ1v) is 6.59. The average molecular weight is 223 g/mol. The van der Waals surface area contributed by atoms with E-state index in [9.17, 15) is 0 Å². The second-order valence-corrected chi connectivity index (χ2v) is 4.27. The number of aryl methyl sites for hydroxylation is 1. The highest BCUT2D eigenvalue weighted by molar-refractivity contribution is 4.91. The summed E-state index contributed by atoms with van der Waals surface area (Å²) in [4.78, 5) is 4.37. The molecule has 92 valence electrons. The first-order chi connectivity index (χ1) is 7.88. The molecule has 0 spiro atoms. The maximum Gasteiger partial charge on any atom is 0.122 e. The van der Waals surface area contributed by atoms with Gasteiger partial charge in [-0.1, -0.05) is 33.1 Å². The van der Waals surface area contributed by atoms with E-state index >= 15 is 0 Å². The molecule has 1 heterocycles. The zero-order chi connectivity index (χ0) is 11.6. The van der Waals surface area contributed by atoms with Crippen LogP contribution in [0.1, 0.15) is 51.8 Å². The van der Waals surface area contributed by atoms with Gasteiger partial charge in [0, 0.05) is 18.9 Å². The Bertz CT molecular complexity index is 268. The molecule has 3 nitrogen and oxygen atoms in total. The highest BCUT2D eigenvalue weighted by Crippen LogP contribution is 2.00. The summed E-state index contributed by atoms with van der Waals surface area (Å²) in [6, 6.07) is 0. The Hall–Kier alpha value is -0.830. The molecule has 0 aliphatic rings. The zero-order valence-electron chi connectivity index (χ0n) is 10.7. The Morgan fingerprint density at radius 2 is 2.06 bits per heavy atom.